The van der Waals surface area contributed by atoms with Crippen molar-refractivity contribution in [2.75, 3.05) is 0 Å². The van der Waals surface area contributed by atoms with E-state index in [2.05, 4.69) is 66.1 Å². The summed E-state index contributed by atoms with van der Waals surface area (Å²) in [5, 5.41) is 24.1. The van der Waals surface area contributed by atoms with Gasteiger partial charge in [-0.3, -0.25) is 9.08 Å². The minimum Gasteiger partial charge on any atom is -0.333 e. The van der Waals surface area contributed by atoms with E-state index in [0.29, 0.717) is 5.88 Å². The predicted octanol–water partition coefficient (Wildman–Crippen LogP) is 4.08. The van der Waals surface area contributed by atoms with Crippen LogP contribution in [0.3, 0.4) is 0 Å². The van der Waals surface area contributed by atoms with Crippen LogP contribution in [0.1, 0.15) is 11.4 Å². The van der Waals surface area contributed by atoms with Crippen molar-refractivity contribution in [3.63, 3.8) is 0 Å². The summed E-state index contributed by atoms with van der Waals surface area (Å²) < 4.78 is 6.13. The first-order valence-corrected chi connectivity index (χ1v) is 10.2. The number of fused-ring (bicyclic) bond motifs is 3. The topological polar surface area (TPSA) is 76.7 Å². The molecule has 0 aliphatic rings. The van der Waals surface area contributed by atoms with Crippen molar-refractivity contribution >= 4 is 28.4 Å². The predicted molar refractivity (Wildman–Crippen MR) is 113 cm³/mol. The van der Waals surface area contributed by atoms with Crippen molar-refractivity contribution in [1.29, 1.82) is 5.26 Å². The summed E-state index contributed by atoms with van der Waals surface area (Å²) in [7, 11) is 0. The van der Waals surface area contributed by atoms with Gasteiger partial charge in [-0.25, -0.2) is 0 Å². The van der Waals surface area contributed by atoms with E-state index in [1.54, 1.807) is 4.68 Å². The van der Waals surface area contributed by atoms with Crippen LogP contribution in [-0.2, 0) is 12.4 Å². The van der Waals surface area contributed by atoms with Gasteiger partial charge in [-0.05, 0) is 48.5 Å². The van der Waals surface area contributed by atoms with Gasteiger partial charge >= 0.3 is 0 Å². The van der Waals surface area contributed by atoms with Gasteiger partial charge < -0.3 is 4.57 Å². The molecule has 5 aromatic rings. The molecule has 0 saturated carbocycles. The van der Waals surface area contributed by atoms with Gasteiger partial charge in [0, 0.05) is 12.7 Å². The molecule has 0 saturated heterocycles. The number of hydrogen-bond donors (Lipinski definition) is 0. The minimum absolute atomic E-state index is 0.504. The highest BCUT2D eigenvalue weighted by molar-refractivity contribution is 8.02. The second-order valence-electron chi connectivity index (χ2n) is 6.75. The van der Waals surface area contributed by atoms with Gasteiger partial charge in [-0.15, -0.1) is 10.2 Å². The van der Waals surface area contributed by atoms with E-state index < -0.39 is 0 Å². The molecule has 0 spiro atoms. The number of rotatable bonds is 5. The Morgan fingerprint density at radius 2 is 1.90 bits per heavy atom. The number of thiocyanates is 1. The molecule has 142 valence electrons. The highest BCUT2D eigenvalue weighted by Crippen LogP contribution is 2.29. The van der Waals surface area contributed by atoms with Gasteiger partial charge in [-0.2, -0.15) is 10.4 Å². The van der Waals surface area contributed by atoms with E-state index in [1.165, 1.54) is 17.3 Å². The molecular weight excluding hydrogens is 382 g/mol. The Balaban J connectivity index is 1.71. The summed E-state index contributed by atoms with van der Waals surface area (Å²) in [6.45, 7) is 2.69. The molecule has 4 heterocycles. The van der Waals surface area contributed by atoms with E-state index in [9.17, 15) is 0 Å². The van der Waals surface area contributed by atoms with Gasteiger partial charge in [0.05, 0.1) is 16.7 Å². The van der Waals surface area contributed by atoms with Gasteiger partial charge in [0.2, 0.25) is 0 Å². The molecule has 1 aromatic carbocycles. The fourth-order valence-electron chi connectivity index (χ4n) is 3.66. The molecule has 0 radical (unpaired) electrons. The molecule has 0 N–H and O–H groups in total. The molecule has 0 aliphatic heterocycles. The van der Waals surface area contributed by atoms with E-state index in [4.69, 9.17) is 5.26 Å². The molecule has 5 rings (SSSR count). The molecule has 7 nitrogen and oxygen atoms in total. The highest BCUT2D eigenvalue weighted by Gasteiger charge is 2.17. The second kappa shape index (κ2) is 7.11. The smallest absolute Gasteiger partial charge is 0.161 e. The lowest BCUT2D eigenvalue weighted by Crippen LogP contribution is -2.03. The maximum absolute atomic E-state index is 8.81. The van der Waals surface area contributed by atoms with E-state index in [-0.39, 0.29) is 0 Å². The third-order valence-electron chi connectivity index (χ3n) is 4.95. The number of nitriles is 1. The molecule has 0 fully saturated rings. The maximum atomic E-state index is 8.81. The Morgan fingerprint density at radius 3 is 2.72 bits per heavy atom. The zero-order chi connectivity index (χ0) is 19.8. The van der Waals surface area contributed by atoms with Crippen LogP contribution in [0.15, 0.2) is 60.8 Å². The van der Waals surface area contributed by atoms with Crippen LogP contribution in [0.2, 0.25) is 0 Å². The zero-order valence-electron chi connectivity index (χ0n) is 15.7. The first-order valence-electron chi connectivity index (χ1n) is 9.17. The number of hydrogen-bond acceptors (Lipinski definition) is 5. The molecule has 0 unspecified atom stereocenters. The van der Waals surface area contributed by atoms with Crippen molar-refractivity contribution in [3.8, 4) is 16.8 Å². The van der Waals surface area contributed by atoms with Crippen LogP contribution < -0.4 is 0 Å². The Morgan fingerprint density at radius 1 is 1.03 bits per heavy atom. The third kappa shape index (κ3) is 3.05. The lowest BCUT2D eigenvalue weighted by atomic mass is 10.2. The summed E-state index contributed by atoms with van der Waals surface area (Å²) in [6.07, 6.45) is 1.91. The Hall–Kier alpha value is -3.57. The fourth-order valence-corrected chi connectivity index (χ4v) is 3.99. The normalized spacial score (nSPS) is 11.3. The number of nitrogens with zero attached hydrogens (tertiary/aromatic N) is 7. The molecule has 29 heavy (non-hydrogen) atoms. The van der Waals surface area contributed by atoms with Crippen molar-refractivity contribution in [3.05, 3.63) is 72.2 Å². The maximum Gasteiger partial charge on any atom is 0.161 e. The summed E-state index contributed by atoms with van der Waals surface area (Å²) in [6, 6.07) is 18.6. The lowest BCUT2D eigenvalue weighted by molar-refractivity contribution is 0.750. The summed E-state index contributed by atoms with van der Waals surface area (Å²) in [4.78, 5) is 0. The second-order valence-corrected chi connectivity index (χ2v) is 7.48. The summed E-state index contributed by atoms with van der Waals surface area (Å²) >= 11 is 1.17. The van der Waals surface area contributed by atoms with Crippen molar-refractivity contribution < 1.29 is 0 Å². The Bertz CT molecular complexity index is 1350. The number of thioether (sulfide) groups is 1. The monoisotopic (exact) mass is 399 g/mol. The highest BCUT2D eigenvalue weighted by atomic mass is 32.2. The SMILES string of the molecule is Cc1nnc2ccc3c(cc(-c4ccn(CSC#N)n4)n3Cc3ccccc3)n12. The minimum atomic E-state index is 0.504. The standard InChI is InChI=1S/C21H17N7S/c1-15-23-24-21-8-7-18-20(28(15)21)11-19(17-9-10-26(25-17)14-29-13-22)27(18)12-16-5-3-2-4-6-16/h2-11H,12,14H2,1H3. The van der Waals surface area contributed by atoms with Crippen molar-refractivity contribution in [1.82, 2.24) is 28.9 Å². The molecular formula is C21H17N7S. The van der Waals surface area contributed by atoms with Gasteiger partial charge in [0.25, 0.3) is 0 Å². The zero-order valence-corrected chi connectivity index (χ0v) is 16.5. The largest absolute Gasteiger partial charge is 0.333 e. The first kappa shape index (κ1) is 17.5. The summed E-state index contributed by atoms with van der Waals surface area (Å²) in [5.74, 6) is 1.36. The fraction of sp³-hybridized carbons (Fsp3) is 0.143. The number of aryl methyl sites for hydroxylation is 1. The van der Waals surface area contributed by atoms with Gasteiger partial charge in [0.1, 0.15) is 22.8 Å². The molecule has 0 aliphatic carbocycles. The molecule has 0 amide bonds. The molecule has 0 bridgehead atoms. The van der Waals surface area contributed by atoms with E-state index >= 15 is 0 Å². The van der Waals surface area contributed by atoms with Gasteiger partial charge in [-0.1, -0.05) is 30.3 Å². The molecule has 0 atom stereocenters. The van der Waals surface area contributed by atoms with Crippen molar-refractivity contribution in [2.24, 2.45) is 0 Å². The van der Waals surface area contributed by atoms with E-state index in [0.717, 1.165) is 40.4 Å². The van der Waals surface area contributed by atoms with Crippen LogP contribution in [0.25, 0.3) is 28.1 Å². The van der Waals surface area contributed by atoms with Crippen LogP contribution >= 0.6 is 11.8 Å². The van der Waals surface area contributed by atoms with E-state index in [1.807, 2.05) is 31.3 Å². The molecule has 8 heteroatoms. The van der Waals surface area contributed by atoms with Crippen molar-refractivity contribution in [2.45, 2.75) is 19.3 Å². The first-order chi connectivity index (χ1) is 14.2. The third-order valence-corrected chi connectivity index (χ3v) is 5.47. The lowest BCUT2D eigenvalue weighted by Gasteiger charge is -2.10. The number of aromatic nitrogens is 6. The molecule has 4 aromatic heterocycles. The Labute approximate surface area is 171 Å². The van der Waals surface area contributed by atoms with Crippen LogP contribution in [-0.4, -0.2) is 28.9 Å². The average molecular weight is 399 g/mol. The van der Waals surface area contributed by atoms with Crippen LogP contribution in [0.5, 0.6) is 0 Å². The Kier molecular flexibility index (Phi) is 4.30. The number of benzene rings is 1. The average Bonchev–Trinajstić information content (AvgIpc) is 3.45. The summed E-state index contributed by atoms with van der Waals surface area (Å²) in [5.41, 5.74) is 6.08. The van der Waals surface area contributed by atoms with Crippen LogP contribution in [0, 0.1) is 17.6 Å². The van der Waals surface area contributed by atoms with Gasteiger partial charge in [0.15, 0.2) is 5.65 Å². The van der Waals surface area contributed by atoms with Crippen LogP contribution in [0.4, 0.5) is 0 Å². The number of pyridine rings is 1. The quantitative estimate of drug-likeness (QED) is 0.416.